The lowest BCUT2D eigenvalue weighted by Crippen LogP contribution is -2.03. The minimum Gasteiger partial charge on any atom is -0.495 e. The second-order valence-corrected chi connectivity index (χ2v) is 5.14. The normalized spacial score (nSPS) is 12.5. The van der Waals surface area contributed by atoms with Crippen molar-refractivity contribution in [2.45, 2.75) is 13.0 Å². The molecule has 1 unspecified atom stereocenters. The van der Waals surface area contributed by atoms with E-state index in [0.717, 1.165) is 0 Å². The first kappa shape index (κ1) is 13.5. The Morgan fingerprint density at radius 1 is 1.39 bits per heavy atom. The molecule has 0 aliphatic rings. The SMILES string of the molecule is COc1c(Br)cc(Cl)cc1C(O)c1ccoc1C. The van der Waals surface area contributed by atoms with Gasteiger partial charge in [-0.1, -0.05) is 11.6 Å². The van der Waals surface area contributed by atoms with Gasteiger partial charge in [-0.15, -0.1) is 0 Å². The number of aliphatic hydroxyl groups is 1. The number of furan rings is 1. The molecule has 0 aliphatic heterocycles. The van der Waals surface area contributed by atoms with Gasteiger partial charge in [-0.25, -0.2) is 0 Å². The van der Waals surface area contributed by atoms with Gasteiger partial charge in [-0.2, -0.15) is 0 Å². The summed E-state index contributed by atoms with van der Waals surface area (Å²) >= 11 is 9.37. The molecule has 1 aromatic heterocycles. The molecule has 18 heavy (non-hydrogen) atoms. The van der Waals surface area contributed by atoms with Crippen LogP contribution in [-0.4, -0.2) is 12.2 Å². The number of ether oxygens (including phenoxy) is 1. The summed E-state index contributed by atoms with van der Waals surface area (Å²) in [4.78, 5) is 0. The monoisotopic (exact) mass is 330 g/mol. The predicted octanol–water partition coefficient (Wildman–Crippen LogP) is 4.09. The van der Waals surface area contributed by atoms with E-state index in [4.69, 9.17) is 20.8 Å². The highest BCUT2D eigenvalue weighted by Gasteiger charge is 2.21. The minimum absolute atomic E-state index is 0.526. The van der Waals surface area contributed by atoms with Crippen molar-refractivity contribution in [2.75, 3.05) is 7.11 Å². The standard InChI is InChI=1S/C13H12BrClO3/c1-7-9(3-4-18-7)12(16)10-5-8(15)6-11(14)13(10)17-2/h3-6,12,16H,1-2H3. The summed E-state index contributed by atoms with van der Waals surface area (Å²) in [6.45, 7) is 1.80. The van der Waals surface area contributed by atoms with Gasteiger partial charge in [-0.3, -0.25) is 0 Å². The lowest BCUT2D eigenvalue weighted by Gasteiger charge is -2.16. The average molecular weight is 332 g/mol. The first-order valence-corrected chi connectivity index (χ1v) is 6.46. The van der Waals surface area contributed by atoms with Crippen molar-refractivity contribution in [2.24, 2.45) is 0 Å². The van der Waals surface area contributed by atoms with Crippen LogP contribution in [0, 0.1) is 6.92 Å². The van der Waals surface area contributed by atoms with Crippen molar-refractivity contribution >= 4 is 27.5 Å². The molecule has 0 saturated heterocycles. The Morgan fingerprint density at radius 3 is 2.67 bits per heavy atom. The molecule has 1 atom stereocenters. The summed E-state index contributed by atoms with van der Waals surface area (Å²) in [6, 6.07) is 5.13. The third-order valence-electron chi connectivity index (χ3n) is 2.73. The molecule has 0 fully saturated rings. The zero-order valence-corrected chi connectivity index (χ0v) is 12.2. The van der Waals surface area contributed by atoms with E-state index in [1.165, 1.54) is 0 Å². The van der Waals surface area contributed by atoms with Crippen molar-refractivity contribution in [1.82, 2.24) is 0 Å². The Labute approximate surface area is 118 Å². The lowest BCUT2D eigenvalue weighted by molar-refractivity contribution is 0.212. The maximum atomic E-state index is 10.4. The minimum atomic E-state index is -0.839. The summed E-state index contributed by atoms with van der Waals surface area (Å²) in [5, 5.41) is 10.9. The topological polar surface area (TPSA) is 42.6 Å². The lowest BCUT2D eigenvalue weighted by atomic mass is 10.0. The van der Waals surface area contributed by atoms with Crippen LogP contribution >= 0.6 is 27.5 Å². The summed E-state index contributed by atoms with van der Waals surface area (Å²) < 4.78 is 11.2. The van der Waals surface area contributed by atoms with Crippen LogP contribution in [0.25, 0.3) is 0 Å². The van der Waals surface area contributed by atoms with Crippen LogP contribution < -0.4 is 4.74 Å². The van der Waals surface area contributed by atoms with Gasteiger partial charge in [0.2, 0.25) is 0 Å². The molecule has 2 rings (SSSR count). The van der Waals surface area contributed by atoms with Crippen LogP contribution in [0.4, 0.5) is 0 Å². The first-order valence-electron chi connectivity index (χ1n) is 5.29. The van der Waals surface area contributed by atoms with Gasteiger partial charge in [0, 0.05) is 16.1 Å². The number of rotatable bonds is 3. The van der Waals surface area contributed by atoms with Crippen LogP contribution in [0.3, 0.4) is 0 Å². The van der Waals surface area contributed by atoms with E-state index in [9.17, 15) is 5.11 Å². The third-order valence-corrected chi connectivity index (χ3v) is 3.54. The average Bonchev–Trinajstić information content (AvgIpc) is 2.73. The molecule has 1 aromatic carbocycles. The molecular weight excluding hydrogens is 319 g/mol. The molecule has 1 N–H and O–H groups in total. The molecule has 3 nitrogen and oxygen atoms in total. The van der Waals surface area contributed by atoms with E-state index in [-0.39, 0.29) is 0 Å². The van der Waals surface area contributed by atoms with Crippen molar-refractivity contribution in [1.29, 1.82) is 0 Å². The summed E-state index contributed by atoms with van der Waals surface area (Å²) in [6.07, 6.45) is 0.702. The fourth-order valence-corrected chi connectivity index (χ4v) is 2.84. The Bertz CT molecular complexity index is 565. The largest absolute Gasteiger partial charge is 0.495 e. The van der Waals surface area contributed by atoms with Crippen molar-refractivity contribution in [3.63, 3.8) is 0 Å². The van der Waals surface area contributed by atoms with E-state index < -0.39 is 6.10 Å². The predicted molar refractivity (Wildman–Crippen MR) is 73.2 cm³/mol. The maximum absolute atomic E-state index is 10.4. The fourth-order valence-electron chi connectivity index (χ4n) is 1.84. The van der Waals surface area contributed by atoms with Gasteiger partial charge < -0.3 is 14.3 Å². The second-order valence-electron chi connectivity index (χ2n) is 3.84. The highest BCUT2D eigenvalue weighted by Crippen LogP contribution is 2.39. The van der Waals surface area contributed by atoms with Crippen LogP contribution in [-0.2, 0) is 0 Å². The van der Waals surface area contributed by atoms with E-state index in [1.54, 1.807) is 38.5 Å². The maximum Gasteiger partial charge on any atom is 0.139 e. The number of aliphatic hydroxyl groups excluding tert-OH is 1. The van der Waals surface area contributed by atoms with Crippen molar-refractivity contribution in [3.8, 4) is 5.75 Å². The van der Waals surface area contributed by atoms with Gasteiger partial charge >= 0.3 is 0 Å². The molecule has 0 saturated carbocycles. The number of hydrogen-bond donors (Lipinski definition) is 1. The highest BCUT2D eigenvalue weighted by atomic mass is 79.9. The first-order chi connectivity index (χ1) is 8.54. The Kier molecular flexibility index (Phi) is 4.00. The van der Waals surface area contributed by atoms with Gasteiger partial charge in [0.25, 0.3) is 0 Å². The Hall–Kier alpha value is -0.970. The third kappa shape index (κ3) is 2.41. The number of hydrogen-bond acceptors (Lipinski definition) is 3. The van der Waals surface area contributed by atoms with Crippen LogP contribution in [0.5, 0.6) is 5.75 Å². The van der Waals surface area contributed by atoms with E-state index in [1.807, 2.05) is 0 Å². The fraction of sp³-hybridized carbons (Fsp3) is 0.231. The molecule has 0 aliphatic carbocycles. The number of aryl methyl sites for hydroxylation is 1. The number of benzene rings is 1. The van der Waals surface area contributed by atoms with E-state index in [0.29, 0.717) is 32.1 Å². The second kappa shape index (κ2) is 5.34. The number of methoxy groups -OCH3 is 1. The molecule has 1 heterocycles. The number of halogens is 2. The molecule has 96 valence electrons. The Balaban J connectivity index is 2.54. The van der Waals surface area contributed by atoms with Crippen molar-refractivity contribution < 1.29 is 14.3 Å². The molecule has 0 bridgehead atoms. The molecular formula is C13H12BrClO3. The molecule has 0 spiro atoms. The van der Waals surface area contributed by atoms with Gasteiger partial charge in [-0.05, 0) is 41.1 Å². The summed E-state index contributed by atoms with van der Waals surface area (Å²) in [7, 11) is 1.55. The van der Waals surface area contributed by atoms with Crippen LogP contribution in [0.1, 0.15) is 23.0 Å². The van der Waals surface area contributed by atoms with E-state index in [2.05, 4.69) is 15.9 Å². The Morgan fingerprint density at radius 2 is 2.11 bits per heavy atom. The summed E-state index contributed by atoms with van der Waals surface area (Å²) in [5.41, 5.74) is 1.30. The molecule has 0 amide bonds. The van der Waals surface area contributed by atoms with Gasteiger partial charge in [0.1, 0.15) is 17.6 Å². The van der Waals surface area contributed by atoms with Crippen LogP contribution in [0.2, 0.25) is 5.02 Å². The van der Waals surface area contributed by atoms with Crippen molar-refractivity contribution in [3.05, 3.63) is 50.8 Å². The quantitative estimate of drug-likeness (QED) is 0.921. The highest BCUT2D eigenvalue weighted by molar-refractivity contribution is 9.10. The zero-order valence-electron chi connectivity index (χ0n) is 9.91. The van der Waals surface area contributed by atoms with E-state index >= 15 is 0 Å². The molecule has 5 heteroatoms. The van der Waals surface area contributed by atoms with Gasteiger partial charge in [0.05, 0.1) is 17.8 Å². The molecule has 0 radical (unpaired) electrons. The summed E-state index contributed by atoms with van der Waals surface area (Å²) in [5.74, 6) is 1.23. The van der Waals surface area contributed by atoms with Gasteiger partial charge in [0.15, 0.2) is 0 Å². The smallest absolute Gasteiger partial charge is 0.139 e. The molecule has 2 aromatic rings. The zero-order chi connectivity index (χ0) is 13.3. The van der Waals surface area contributed by atoms with Crippen LogP contribution in [0.15, 0.2) is 33.4 Å².